The Kier molecular flexibility index (Phi) is 4.99. The lowest BCUT2D eigenvalue weighted by atomic mass is 10.1. The van der Waals surface area contributed by atoms with E-state index >= 15 is 0 Å². The van der Waals surface area contributed by atoms with Crippen molar-refractivity contribution in [3.05, 3.63) is 29.8 Å². The predicted molar refractivity (Wildman–Crippen MR) is 67.9 cm³/mol. The first-order chi connectivity index (χ1) is 7.17. The van der Waals surface area contributed by atoms with Gasteiger partial charge in [0.1, 0.15) is 5.75 Å². The summed E-state index contributed by atoms with van der Waals surface area (Å²) in [5, 5.41) is 3.21. The fourth-order valence-corrected chi connectivity index (χ4v) is 1.81. The number of benzene rings is 1. The smallest absolute Gasteiger partial charge is 0.119 e. The van der Waals surface area contributed by atoms with Gasteiger partial charge in [-0.05, 0) is 38.6 Å². The number of thiol groups is 1. The molecule has 1 atom stereocenters. The van der Waals surface area contributed by atoms with Crippen molar-refractivity contribution in [2.45, 2.75) is 26.0 Å². The third-order valence-corrected chi connectivity index (χ3v) is 2.55. The van der Waals surface area contributed by atoms with Gasteiger partial charge in [0.05, 0.1) is 6.10 Å². The molecule has 84 valence electrons. The maximum absolute atomic E-state index is 5.58. The molecule has 0 aliphatic carbocycles. The van der Waals surface area contributed by atoms with Crippen LogP contribution in [0.2, 0.25) is 0 Å². The minimum Gasteiger partial charge on any atom is -0.491 e. The van der Waals surface area contributed by atoms with Crippen LogP contribution in [-0.4, -0.2) is 18.9 Å². The van der Waals surface area contributed by atoms with Crippen molar-refractivity contribution >= 4 is 12.6 Å². The SMILES string of the molecule is CNC(CS)c1ccc(OC(C)C)cc1. The lowest BCUT2D eigenvalue weighted by Gasteiger charge is -2.15. The van der Waals surface area contributed by atoms with Crippen LogP contribution in [0.5, 0.6) is 5.75 Å². The third kappa shape index (κ3) is 3.76. The van der Waals surface area contributed by atoms with Crippen LogP contribution in [0, 0.1) is 0 Å². The molecule has 15 heavy (non-hydrogen) atoms. The van der Waals surface area contributed by atoms with Crippen molar-refractivity contribution in [3.63, 3.8) is 0 Å². The van der Waals surface area contributed by atoms with Gasteiger partial charge in [-0.1, -0.05) is 12.1 Å². The van der Waals surface area contributed by atoms with Gasteiger partial charge in [0.15, 0.2) is 0 Å². The average Bonchev–Trinajstić information content (AvgIpc) is 2.21. The van der Waals surface area contributed by atoms with Gasteiger partial charge < -0.3 is 10.1 Å². The summed E-state index contributed by atoms with van der Waals surface area (Å²) in [6.45, 7) is 4.05. The highest BCUT2D eigenvalue weighted by molar-refractivity contribution is 7.80. The molecule has 0 fully saturated rings. The molecule has 1 aromatic rings. The van der Waals surface area contributed by atoms with Crippen molar-refractivity contribution < 1.29 is 4.74 Å². The highest BCUT2D eigenvalue weighted by Crippen LogP contribution is 2.19. The van der Waals surface area contributed by atoms with Crippen LogP contribution >= 0.6 is 12.6 Å². The molecule has 1 N–H and O–H groups in total. The van der Waals surface area contributed by atoms with E-state index in [0.717, 1.165) is 11.5 Å². The quantitative estimate of drug-likeness (QED) is 0.752. The van der Waals surface area contributed by atoms with Crippen molar-refractivity contribution in [2.75, 3.05) is 12.8 Å². The number of hydrogen-bond donors (Lipinski definition) is 2. The van der Waals surface area contributed by atoms with E-state index in [2.05, 4.69) is 30.1 Å². The Bertz CT molecular complexity index is 280. The summed E-state index contributed by atoms with van der Waals surface area (Å²) in [5.41, 5.74) is 1.24. The third-order valence-electron chi connectivity index (χ3n) is 2.19. The molecule has 2 nitrogen and oxygen atoms in total. The van der Waals surface area contributed by atoms with Crippen LogP contribution in [0.25, 0.3) is 0 Å². The summed E-state index contributed by atoms with van der Waals surface area (Å²) >= 11 is 4.29. The molecule has 0 saturated heterocycles. The van der Waals surface area contributed by atoms with Gasteiger partial charge in [0.25, 0.3) is 0 Å². The van der Waals surface area contributed by atoms with Gasteiger partial charge in [0.2, 0.25) is 0 Å². The predicted octanol–water partition coefficient (Wildman–Crippen LogP) is 2.66. The second kappa shape index (κ2) is 6.03. The van der Waals surface area contributed by atoms with Crippen LogP contribution < -0.4 is 10.1 Å². The molecule has 0 spiro atoms. The Hall–Kier alpha value is -0.670. The molecule has 0 radical (unpaired) electrons. The summed E-state index contributed by atoms with van der Waals surface area (Å²) in [5.74, 6) is 1.71. The molecule has 3 heteroatoms. The first-order valence-corrected chi connectivity index (χ1v) is 5.85. The summed E-state index contributed by atoms with van der Waals surface area (Å²) in [4.78, 5) is 0. The van der Waals surface area contributed by atoms with Crippen LogP contribution in [0.4, 0.5) is 0 Å². The van der Waals surface area contributed by atoms with E-state index in [1.807, 2.05) is 33.0 Å². The topological polar surface area (TPSA) is 21.3 Å². The maximum atomic E-state index is 5.58. The van der Waals surface area contributed by atoms with Gasteiger partial charge in [0, 0.05) is 11.8 Å². The zero-order valence-electron chi connectivity index (χ0n) is 9.53. The molecule has 1 rings (SSSR count). The molecule has 0 aliphatic heterocycles. The fourth-order valence-electron chi connectivity index (χ4n) is 1.41. The van der Waals surface area contributed by atoms with Gasteiger partial charge >= 0.3 is 0 Å². The Morgan fingerprint density at radius 2 is 1.87 bits per heavy atom. The molecule has 1 unspecified atom stereocenters. The van der Waals surface area contributed by atoms with Gasteiger partial charge in [-0.3, -0.25) is 0 Å². The lowest BCUT2D eigenvalue weighted by molar-refractivity contribution is 0.242. The van der Waals surface area contributed by atoms with Gasteiger partial charge in [-0.25, -0.2) is 0 Å². The van der Waals surface area contributed by atoms with E-state index in [9.17, 15) is 0 Å². The van der Waals surface area contributed by atoms with E-state index < -0.39 is 0 Å². The average molecular weight is 225 g/mol. The summed E-state index contributed by atoms with van der Waals surface area (Å²) in [6.07, 6.45) is 0.223. The van der Waals surface area contributed by atoms with Crippen molar-refractivity contribution in [1.29, 1.82) is 0 Å². The molecule has 0 bridgehead atoms. The van der Waals surface area contributed by atoms with E-state index in [4.69, 9.17) is 4.74 Å². The summed E-state index contributed by atoms with van der Waals surface area (Å²) < 4.78 is 5.58. The maximum Gasteiger partial charge on any atom is 0.119 e. The standard InChI is InChI=1S/C12H19NOS/c1-9(2)14-11-6-4-10(5-7-11)12(8-15)13-3/h4-7,9,12-13,15H,8H2,1-3H3. The minimum atomic E-state index is 0.223. The van der Waals surface area contributed by atoms with Crippen LogP contribution in [0.1, 0.15) is 25.5 Å². The highest BCUT2D eigenvalue weighted by Gasteiger charge is 2.06. The van der Waals surface area contributed by atoms with E-state index in [1.54, 1.807) is 0 Å². The highest BCUT2D eigenvalue weighted by atomic mass is 32.1. The molecule has 1 aromatic carbocycles. The largest absolute Gasteiger partial charge is 0.491 e. The van der Waals surface area contributed by atoms with Crippen LogP contribution in [0.15, 0.2) is 24.3 Å². The summed E-state index contributed by atoms with van der Waals surface area (Å²) in [7, 11) is 1.94. The van der Waals surface area contributed by atoms with E-state index in [0.29, 0.717) is 6.04 Å². The lowest BCUT2D eigenvalue weighted by Crippen LogP contribution is -2.17. The zero-order valence-corrected chi connectivity index (χ0v) is 10.4. The Morgan fingerprint density at radius 3 is 2.27 bits per heavy atom. The van der Waals surface area contributed by atoms with E-state index in [-0.39, 0.29) is 6.10 Å². The fraction of sp³-hybridized carbons (Fsp3) is 0.500. The zero-order chi connectivity index (χ0) is 11.3. The van der Waals surface area contributed by atoms with Crippen molar-refractivity contribution in [2.24, 2.45) is 0 Å². The van der Waals surface area contributed by atoms with Crippen molar-refractivity contribution in [1.82, 2.24) is 5.32 Å². The minimum absolute atomic E-state index is 0.223. The normalized spacial score (nSPS) is 12.9. The molecule has 0 aliphatic rings. The molecular formula is C12H19NOS. The Labute approximate surface area is 97.4 Å². The van der Waals surface area contributed by atoms with Crippen LogP contribution in [-0.2, 0) is 0 Å². The number of ether oxygens (including phenoxy) is 1. The van der Waals surface area contributed by atoms with Crippen LogP contribution in [0.3, 0.4) is 0 Å². The monoisotopic (exact) mass is 225 g/mol. The Morgan fingerprint density at radius 1 is 1.27 bits per heavy atom. The number of hydrogen-bond acceptors (Lipinski definition) is 3. The van der Waals surface area contributed by atoms with Crippen molar-refractivity contribution in [3.8, 4) is 5.75 Å². The second-order valence-corrected chi connectivity index (χ2v) is 4.12. The summed E-state index contributed by atoms with van der Waals surface area (Å²) in [6, 6.07) is 8.47. The number of rotatable bonds is 5. The first kappa shape index (κ1) is 12.4. The first-order valence-electron chi connectivity index (χ1n) is 5.22. The van der Waals surface area contributed by atoms with Gasteiger partial charge in [-0.2, -0.15) is 12.6 Å². The molecule has 0 amide bonds. The molecule has 0 saturated carbocycles. The molecule has 0 heterocycles. The second-order valence-electron chi connectivity index (χ2n) is 3.76. The molecular weight excluding hydrogens is 206 g/mol. The molecule has 0 aromatic heterocycles. The van der Waals surface area contributed by atoms with E-state index in [1.165, 1.54) is 5.56 Å². The Balaban J connectivity index is 2.71. The number of nitrogens with one attached hydrogen (secondary N) is 1. The van der Waals surface area contributed by atoms with Gasteiger partial charge in [-0.15, -0.1) is 0 Å².